The molecule has 2 rings (SSSR count). The number of ether oxygens (including phenoxy) is 4. The molecule has 1 saturated heterocycles. The minimum atomic E-state index is 0. The Morgan fingerprint density at radius 3 is 2.59 bits per heavy atom. The van der Waals surface area contributed by atoms with E-state index in [0.29, 0.717) is 20.0 Å². The monoisotopic (exact) mass is 407 g/mol. The van der Waals surface area contributed by atoms with Crippen LogP contribution in [0.3, 0.4) is 0 Å². The SMILES string of the molecule is COCOCc1ccc(OCC2[CH-]O2)cc1.[W]. The summed E-state index contributed by atoms with van der Waals surface area (Å²) in [5.74, 6) is 0.847. The molecule has 0 saturated carbocycles. The van der Waals surface area contributed by atoms with Crippen LogP contribution in [0.25, 0.3) is 0 Å². The largest absolute Gasteiger partial charge is 0.567 e. The van der Waals surface area contributed by atoms with Gasteiger partial charge in [-0.25, -0.2) is 0 Å². The minimum Gasteiger partial charge on any atom is -0.567 e. The molecule has 0 spiro atoms. The summed E-state index contributed by atoms with van der Waals surface area (Å²) in [6, 6.07) is 7.80. The Morgan fingerprint density at radius 2 is 2.00 bits per heavy atom. The molecule has 5 heteroatoms. The Bertz CT molecular complexity index is 311. The molecule has 0 N–H and O–H groups in total. The predicted molar refractivity (Wildman–Crippen MR) is 57.8 cm³/mol. The Kier molecular flexibility index (Phi) is 6.74. The van der Waals surface area contributed by atoms with Gasteiger partial charge in [-0.05, 0) is 23.8 Å². The van der Waals surface area contributed by atoms with Crippen molar-refractivity contribution in [2.24, 2.45) is 0 Å². The molecule has 1 aromatic carbocycles. The van der Waals surface area contributed by atoms with Gasteiger partial charge in [0.2, 0.25) is 0 Å². The Hall–Kier alpha value is -0.412. The molecule has 0 bridgehead atoms. The van der Waals surface area contributed by atoms with E-state index < -0.39 is 0 Å². The van der Waals surface area contributed by atoms with Crippen LogP contribution in [0.5, 0.6) is 5.75 Å². The van der Waals surface area contributed by atoms with Crippen molar-refractivity contribution < 1.29 is 40.0 Å². The summed E-state index contributed by atoms with van der Waals surface area (Å²) in [5, 5.41) is 0. The normalized spacial score (nSPS) is 17.4. The standard InChI is InChI=1S/C12H15O4.W/c1-13-9-14-6-10-2-4-11(5-3-10)15-7-12-8-16-12;/h2-5,8,12H,6-7,9H2,1H3;/q-1;. The van der Waals surface area contributed by atoms with Crippen molar-refractivity contribution in [1.82, 2.24) is 0 Å². The molecule has 0 amide bonds. The van der Waals surface area contributed by atoms with E-state index >= 15 is 0 Å². The van der Waals surface area contributed by atoms with Gasteiger partial charge in [-0.3, -0.25) is 0 Å². The van der Waals surface area contributed by atoms with Crippen molar-refractivity contribution in [2.75, 3.05) is 20.5 Å². The van der Waals surface area contributed by atoms with E-state index in [4.69, 9.17) is 18.9 Å². The summed E-state index contributed by atoms with van der Waals surface area (Å²) in [7, 11) is 1.61. The minimum absolute atomic E-state index is 0. The van der Waals surface area contributed by atoms with Gasteiger partial charge in [-0.15, -0.1) is 0 Å². The average molecular weight is 407 g/mol. The van der Waals surface area contributed by atoms with Gasteiger partial charge in [0, 0.05) is 28.2 Å². The molecule has 94 valence electrons. The molecule has 1 fully saturated rings. The quantitative estimate of drug-likeness (QED) is 0.299. The maximum absolute atomic E-state index is 5.49. The molecular weight excluding hydrogens is 392 g/mol. The second kappa shape index (κ2) is 7.83. The van der Waals surface area contributed by atoms with Crippen molar-refractivity contribution in [2.45, 2.75) is 12.7 Å². The van der Waals surface area contributed by atoms with E-state index in [1.165, 1.54) is 0 Å². The summed E-state index contributed by atoms with van der Waals surface area (Å²) in [6.45, 7) is 3.20. The topological polar surface area (TPSA) is 40.2 Å². The van der Waals surface area contributed by atoms with Crippen LogP contribution in [-0.4, -0.2) is 26.6 Å². The molecule has 1 atom stereocenters. The summed E-state index contributed by atoms with van der Waals surface area (Å²) < 4.78 is 20.4. The van der Waals surface area contributed by atoms with Crippen LogP contribution in [0, 0.1) is 6.61 Å². The first kappa shape index (κ1) is 14.6. The second-order valence-electron chi connectivity index (χ2n) is 3.52. The number of benzene rings is 1. The third-order valence-electron chi connectivity index (χ3n) is 2.14. The van der Waals surface area contributed by atoms with Gasteiger partial charge in [-0.1, -0.05) is 12.1 Å². The molecule has 1 heterocycles. The third kappa shape index (κ3) is 5.64. The molecule has 0 aromatic heterocycles. The van der Waals surface area contributed by atoms with E-state index in [-0.39, 0.29) is 27.2 Å². The zero-order chi connectivity index (χ0) is 11.2. The van der Waals surface area contributed by atoms with E-state index in [0.717, 1.165) is 11.3 Å². The predicted octanol–water partition coefficient (Wildman–Crippen LogP) is 1.74. The smallest absolute Gasteiger partial charge is 0.146 e. The van der Waals surface area contributed by atoms with Crippen molar-refractivity contribution in [3.63, 3.8) is 0 Å². The van der Waals surface area contributed by atoms with E-state index in [1.807, 2.05) is 24.3 Å². The maximum Gasteiger partial charge on any atom is 0.146 e. The van der Waals surface area contributed by atoms with Crippen LogP contribution in [0.4, 0.5) is 0 Å². The van der Waals surface area contributed by atoms with Crippen LogP contribution in [0.1, 0.15) is 5.56 Å². The first-order chi connectivity index (χ1) is 7.88. The summed E-state index contributed by atoms with van der Waals surface area (Å²) >= 11 is 0. The van der Waals surface area contributed by atoms with Gasteiger partial charge in [0.1, 0.15) is 12.5 Å². The summed E-state index contributed by atoms with van der Waals surface area (Å²) in [5.41, 5.74) is 1.10. The molecule has 4 nitrogen and oxygen atoms in total. The fraction of sp³-hybridized carbons (Fsp3) is 0.417. The second-order valence-corrected chi connectivity index (χ2v) is 3.52. The Labute approximate surface area is 115 Å². The van der Waals surface area contributed by atoms with Crippen LogP contribution in [-0.2, 0) is 41.9 Å². The molecule has 1 aliphatic rings. The van der Waals surface area contributed by atoms with Gasteiger partial charge in [0.25, 0.3) is 0 Å². The van der Waals surface area contributed by atoms with E-state index in [9.17, 15) is 0 Å². The molecule has 1 aliphatic heterocycles. The first-order valence-electron chi connectivity index (χ1n) is 5.15. The number of hydrogen-bond donors (Lipinski definition) is 0. The summed E-state index contributed by atoms with van der Waals surface area (Å²) in [4.78, 5) is 0. The van der Waals surface area contributed by atoms with Gasteiger partial charge < -0.3 is 18.9 Å². The van der Waals surface area contributed by atoms with Crippen LogP contribution in [0.15, 0.2) is 24.3 Å². The van der Waals surface area contributed by atoms with Crippen molar-refractivity contribution in [1.29, 1.82) is 0 Å². The van der Waals surface area contributed by atoms with Crippen LogP contribution < -0.4 is 4.74 Å². The molecule has 1 unspecified atom stereocenters. The number of epoxide rings is 1. The maximum atomic E-state index is 5.49. The molecule has 0 radical (unpaired) electrons. The number of hydrogen-bond acceptors (Lipinski definition) is 4. The zero-order valence-corrected chi connectivity index (χ0v) is 12.6. The van der Waals surface area contributed by atoms with Gasteiger partial charge in [-0.2, -0.15) is 6.61 Å². The first-order valence-corrected chi connectivity index (χ1v) is 5.15. The van der Waals surface area contributed by atoms with Crippen LogP contribution in [0.2, 0.25) is 0 Å². The third-order valence-corrected chi connectivity index (χ3v) is 2.14. The molecule has 1 aromatic rings. The van der Waals surface area contributed by atoms with Crippen molar-refractivity contribution in [3.8, 4) is 5.75 Å². The van der Waals surface area contributed by atoms with Gasteiger partial charge in [0.15, 0.2) is 0 Å². The fourth-order valence-electron chi connectivity index (χ4n) is 1.24. The summed E-state index contributed by atoms with van der Waals surface area (Å²) in [6.07, 6.45) is 0.171. The zero-order valence-electron chi connectivity index (χ0n) is 9.63. The van der Waals surface area contributed by atoms with Crippen molar-refractivity contribution >= 4 is 0 Å². The number of methoxy groups -OCH3 is 1. The number of rotatable bonds is 7. The van der Waals surface area contributed by atoms with Gasteiger partial charge >= 0.3 is 0 Å². The fourth-order valence-corrected chi connectivity index (χ4v) is 1.24. The Balaban J connectivity index is 0.00000144. The Morgan fingerprint density at radius 1 is 1.29 bits per heavy atom. The average Bonchev–Trinajstić information content (AvgIpc) is 3.12. The molecular formula is C12H15O4W-. The molecule has 0 aliphatic carbocycles. The van der Waals surface area contributed by atoms with E-state index in [2.05, 4.69) is 0 Å². The van der Waals surface area contributed by atoms with Crippen molar-refractivity contribution in [3.05, 3.63) is 36.4 Å². The van der Waals surface area contributed by atoms with Crippen LogP contribution >= 0.6 is 0 Å². The van der Waals surface area contributed by atoms with E-state index in [1.54, 1.807) is 13.7 Å². The van der Waals surface area contributed by atoms with Gasteiger partial charge in [0.05, 0.1) is 13.2 Å². The molecule has 17 heavy (non-hydrogen) atoms.